The van der Waals surface area contributed by atoms with Crippen LogP contribution in [0, 0.1) is 0 Å². The van der Waals surface area contributed by atoms with Gasteiger partial charge < -0.3 is 19.9 Å². The highest BCUT2D eigenvalue weighted by Gasteiger charge is 2.45. The Hall–Kier alpha value is -2.08. The van der Waals surface area contributed by atoms with Gasteiger partial charge in [0.05, 0.1) is 5.60 Å². The third kappa shape index (κ3) is 3.53. The van der Waals surface area contributed by atoms with Crippen molar-refractivity contribution >= 4 is 17.6 Å². The lowest BCUT2D eigenvalue weighted by molar-refractivity contribution is -0.148. The molecule has 6 nitrogen and oxygen atoms in total. The fraction of sp³-hybridized carbons (Fsp3) is 0.556. The molecule has 0 aromatic heterocycles. The number of nitrogens with zero attached hydrogens (tertiary/aromatic N) is 2. The van der Waals surface area contributed by atoms with Gasteiger partial charge in [-0.1, -0.05) is 18.2 Å². The number of anilines is 1. The summed E-state index contributed by atoms with van der Waals surface area (Å²) in [6, 6.07) is 9.39. The summed E-state index contributed by atoms with van der Waals surface area (Å²) < 4.78 is 6.11. The molecular formula is C18H25N3O3. The lowest BCUT2D eigenvalue weighted by Crippen LogP contribution is -2.48. The van der Waals surface area contributed by atoms with E-state index in [1.807, 2.05) is 35.2 Å². The number of urea groups is 1. The molecule has 2 aliphatic rings. The fourth-order valence-electron chi connectivity index (χ4n) is 3.48. The molecule has 2 aliphatic heterocycles. The summed E-state index contributed by atoms with van der Waals surface area (Å²) in [5.74, 6) is 0.0381. The SMILES string of the molecule is CN(C)C(=O)[C@H]1CCC2(CCN(C(=O)Nc3ccccc3)CC2)O1. The van der Waals surface area contributed by atoms with Gasteiger partial charge in [-0.25, -0.2) is 4.79 Å². The van der Waals surface area contributed by atoms with E-state index in [0.29, 0.717) is 13.1 Å². The van der Waals surface area contributed by atoms with Crippen LogP contribution in [-0.4, -0.2) is 60.6 Å². The number of carbonyl (C=O) groups excluding carboxylic acids is 2. The summed E-state index contributed by atoms with van der Waals surface area (Å²) in [7, 11) is 3.51. The summed E-state index contributed by atoms with van der Waals surface area (Å²) >= 11 is 0. The molecule has 1 aromatic carbocycles. The van der Waals surface area contributed by atoms with Crippen LogP contribution in [-0.2, 0) is 9.53 Å². The number of likely N-dealkylation sites (tertiary alicyclic amines) is 1. The van der Waals surface area contributed by atoms with E-state index in [1.165, 1.54) is 0 Å². The first-order chi connectivity index (χ1) is 11.5. The second-order valence-electron chi connectivity index (χ2n) is 6.84. The Bertz CT molecular complexity index is 595. The normalized spacial score (nSPS) is 22.4. The van der Waals surface area contributed by atoms with E-state index in [4.69, 9.17) is 4.74 Å². The molecule has 1 spiro atoms. The lowest BCUT2D eigenvalue weighted by atomic mass is 9.88. The first kappa shape index (κ1) is 16.8. The van der Waals surface area contributed by atoms with E-state index < -0.39 is 0 Å². The third-order valence-corrected chi connectivity index (χ3v) is 4.96. The number of para-hydroxylation sites is 1. The van der Waals surface area contributed by atoms with Crippen LogP contribution in [0.15, 0.2) is 30.3 Å². The minimum absolute atomic E-state index is 0.0381. The van der Waals surface area contributed by atoms with Crippen LogP contribution >= 0.6 is 0 Å². The second kappa shape index (κ2) is 6.81. The molecule has 0 unspecified atom stereocenters. The van der Waals surface area contributed by atoms with E-state index >= 15 is 0 Å². The minimum Gasteiger partial charge on any atom is -0.362 e. The minimum atomic E-state index is -0.329. The van der Waals surface area contributed by atoms with Gasteiger partial charge in [0.25, 0.3) is 5.91 Å². The zero-order chi connectivity index (χ0) is 17.2. The molecule has 3 amide bonds. The quantitative estimate of drug-likeness (QED) is 0.905. The summed E-state index contributed by atoms with van der Waals surface area (Å²) in [4.78, 5) is 27.8. The van der Waals surface area contributed by atoms with Crippen LogP contribution in [0.1, 0.15) is 25.7 Å². The number of carbonyl (C=O) groups is 2. The maximum Gasteiger partial charge on any atom is 0.321 e. The third-order valence-electron chi connectivity index (χ3n) is 4.96. The molecule has 1 aromatic rings. The Morgan fingerprint density at radius 1 is 1.17 bits per heavy atom. The van der Waals surface area contributed by atoms with Crippen LogP contribution < -0.4 is 5.32 Å². The molecule has 2 heterocycles. The molecule has 130 valence electrons. The predicted molar refractivity (Wildman–Crippen MR) is 91.8 cm³/mol. The molecule has 24 heavy (non-hydrogen) atoms. The van der Waals surface area contributed by atoms with Crippen molar-refractivity contribution in [3.05, 3.63) is 30.3 Å². The molecule has 6 heteroatoms. The highest BCUT2D eigenvalue weighted by molar-refractivity contribution is 5.89. The van der Waals surface area contributed by atoms with Gasteiger partial charge in [0.15, 0.2) is 0 Å². The molecule has 1 N–H and O–H groups in total. The van der Waals surface area contributed by atoms with Crippen molar-refractivity contribution in [3.63, 3.8) is 0 Å². The van der Waals surface area contributed by atoms with Crippen LogP contribution in [0.4, 0.5) is 10.5 Å². The van der Waals surface area contributed by atoms with Gasteiger partial charge in [0, 0.05) is 32.9 Å². The molecular weight excluding hydrogens is 306 g/mol. The number of ether oxygens (including phenoxy) is 1. The Morgan fingerprint density at radius 2 is 1.83 bits per heavy atom. The average Bonchev–Trinajstić information content (AvgIpc) is 2.99. The average molecular weight is 331 g/mol. The van der Waals surface area contributed by atoms with E-state index in [1.54, 1.807) is 19.0 Å². The Kier molecular flexibility index (Phi) is 4.76. The molecule has 2 saturated heterocycles. The monoisotopic (exact) mass is 331 g/mol. The van der Waals surface area contributed by atoms with Crippen molar-refractivity contribution in [2.24, 2.45) is 0 Å². The number of hydrogen-bond acceptors (Lipinski definition) is 3. The summed E-state index contributed by atoms with van der Waals surface area (Å²) in [6.45, 7) is 1.31. The van der Waals surface area contributed by atoms with Crippen molar-refractivity contribution in [1.29, 1.82) is 0 Å². The number of nitrogens with one attached hydrogen (secondary N) is 1. The molecule has 0 radical (unpaired) electrons. The molecule has 2 fully saturated rings. The van der Waals surface area contributed by atoms with Crippen molar-refractivity contribution in [3.8, 4) is 0 Å². The Morgan fingerprint density at radius 3 is 2.46 bits per heavy atom. The molecule has 0 saturated carbocycles. The highest BCUT2D eigenvalue weighted by Crippen LogP contribution is 2.39. The molecule has 0 aliphatic carbocycles. The van der Waals surface area contributed by atoms with E-state index in [0.717, 1.165) is 31.4 Å². The summed E-state index contributed by atoms with van der Waals surface area (Å²) in [6.07, 6.45) is 2.90. The van der Waals surface area contributed by atoms with Gasteiger partial charge in [0.1, 0.15) is 6.10 Å². The zero-order valence-electron chi connectivity index (χ0n) is 14.3. The standard InChI is InChI=1S/C18H25N3O3/c1-20(2)16(22)15-8-9-18(24-15)10-12-21(13-11-18)17(23)19-14-6-4-3-5-7-14/h3-7,15H,8-13H2,1-2H3,(H,19,23)/t15-/m1/s1. The first-order valence-electron chi connectivity index (χ1n) is 8.49. The van der Waals surface area contributed by atoms with E-state index in [2.05, 4.69) is 5.32 Å². The lowest BCUT2D eigenvalue weighted by Gasteiger charge is -2.39. The zero-order valence-corrected chi connectivity index (χ0v) is 14.3. The fourth-order valence-corrected chi connectivity index (χ4v) is 3.48. The summed E-state index contributed by atoms with van der Waals surface area (Å²) in [5.41, 5.74) is 0.566. The van der Waals surface area contributed by atoms with Crippen LogP contribution in [0.5, 0.6) is 0 Å². The van der Waals surface area contributed by atoms with E-state index in [-0.39, 0.29) is 23.6 Å². The topological polar surface area (TPSA) is 61.9 Å². The number of hydrogen-bond donors (Lipinski definition) is 1. The van der Waals surface area contributed by atoms with Crippen molar-refractivity contribution in [1.82, 2.24) is 9.80 Å². The van der Waals surface area contributed by atoms with E-state index in [9.17, 15) is 9.59 Å². The number of piperidine rings is 1. The van der Waals surface area contributed by atoms with Crippen molar-refractivity contribution in [2.75, 3.05) is 32.5 Å². The van der Waals surface area contributed by atoms with Crippen molar-refractivity contribution < 1.29 is 14.3 Å². The molecule has 3 rings (SSSR count). The maximum absolute atomic E-state index is 12.3. The molecule has 0 bridgehead atoms. The number of amides is 3. The Labute approximate surface area is 142 Å². The largest absolute Gasteiger partial charge is 0.362 e. The van der Waals surface area contributed by atoms with Gasteiger partial charge in [-0.15, -0.1) is 0 Å². The summed E-state index contributed by atoms with van der Waals surface area (Å²) in [5, 5.41) is 2.92. The smallest absolute Gasteiger partial charge is 0.321 e. The van der Waals surface area contributed by atoms with Crippen LogP contribution in [0.2, 0.25) is 0 Å². The highest BCUT2D eigenvalue weighted by atomic mass is 16.5. The first-order valence-corrected chi connectivity index (χ1v) is 8.49. The van der Waals surface area contributed by atoms with Gasteiger partial charge in [0.2, 0.25) is 0 Å². The van der Waals surface area contributed by atoms with Crippen molar-refractivity contribution in [2.45, 2.75) is 37.4 Å². The molecule has 1 atom stereocenters. The number of rotatable bonds is 2. The number of likely N-dealkylation sites (N-methyl/N-ethyl adjacent to an activating group) is 1. The predicted octanol–water partition coefficient (Wildman–Crippen LogP) is 2.32. The van der Waals surface area contributed by atoms with Gasteiger partial charge in [-0.2, -0.15) is 0 Å². The van der Waals surface area contributed by atoms with Crippen LogP contribution in [0.3, 0.4) is 0 Å². The van der Waals surface area contributed by atoms with Gasteiger partial charge in [-0.3, -0.25) is 4.79 Å². The second-order valence-corrected chi connectivity index (χ2v) is 6.84. The Balaban J connectivity index is 1.53. The van der Waals surface area contributed by atoms with Crippen LogP contribution in [0.25, 0.3) is 0 Å². The van der Waals surface area contributed by atoms with Gasteiger partial charge in [-0.05, 0) is 37.8 Å². The van der Waals surface area contributed by atoms with Gasteiger partial charge >= 0.3 is 6.03 Å². The number of benzene rings is 1. The maximum atomic E-state index is 12.3.